The molecule has 0 unspecified atom stereocenters. The summed E-state index contributed by atoms with van der Waals surface area (Å²) in [4.78, 5) is 57.6. The molecule has 0 atom stereocenters. The van der Waals surface area contributed by atoms with Crippen molar-refractivity contribution in [3.8, 4) is 0 Å². The third-order valence-corrected chi connectivity index (χ3v) is 4.94. The van der Waals surface area contributed by atoms with Crippen molar-refractivity contribution in [2.75, 3.05) is 0 Å². The summed E-state index contributed by atoms with van der Waals surface area (Å²) in [6, 6.07) is 15.8. The van der Waals surface area contributed by atoms with Gasteiger partial charge in [0.1, 0.15) is 0 Å². The molecule has 3 aromatic carbocycles. The molecular formula is C25H16N4O4. The van der Waals surface area contributed by atoms with Crippen LogP contribution in [-0.4, -0.2) is 24.3 Å². The van der Waals surface area contributed by atoms with Crippen molar-refractivity contribution in [3.05, 3.63) is 82.4 Å². The third kappa shape index (κ3) is 5.87. The molecule has 3 rings (SSSR count). The second-order valence-corrected chi connectivity index (χ2v) is 7.06. The monoisotopic (exact) mass is 436 g/mol. The fourth-order valence-electron chi connectivity index (χ4n) is 3.44. The fraction of sp³-hybridized carbons (Fsp3) is 0.120. The van der Waals surface area contributed by atoms with Crippen molar-refractivity contribution >= 4 is 47.1 Å². The van der Waals surface area contributed by atoms with Gasteiger partial charge in [-0.3, -0.25) is 0 Å². The minimum absolute atomic E-state index is 0.354. The quantitative estimate of drug-likeness (QED) is 0.363. The van der Waals surface area contributed by atoms with Gasteiger partial charge in [-0.15, -0.1) is 0 Å². The lowest BCUT2D eigenvalue weighted by Crippen LogP contribution is -1.95. The first kappa shape index (κ1) is 22.9. The summed E-state index contributed by atoms with van der Waals surface area (Å²) in [5.41, 5.74) is 5.81. The Morgan fingerprint density at radius 2 is 1.12 bits per heavy atom. The molecule has 0 saturated carbocycles. The van der Waals surface area contributed by atoms with Crippen LogP contribution in [0.1, 0.15) is 27.8 Å². The van der Waals surface area contributed by atoms with E-state index in [0.717, 1.165) is 27.8 Å². The Balaban J connectivity index is 1.99. The average molecular weight is 436 g/mol. The second-order valence-electron chi connectivity index (χ2n) is 7.06. The normalized spacial score (nSPS) is 9.61. The molecule has 0 amide bonds. The van der Waals surface area contributed by atoms with Gasteiger partial charge in [0.2, 0.25) is 24.3 Å². The number of aryl methyl sites for hydroxylation is 1. The molecule has 0 aliphatic carbocycles. The van der Waals surface area contributed by atoms with Gasteiger partial charge in [-0.2, -0.15) is 20.0 Å². The topological polar surface area (TPSA) is 118 Å². The number of hydrogen-bond acceptors (Lipinski definition) is 8. The Hall–Kier alpha value is -4.82. The smallest absolute Gasteiger partial charge is 0.211 e. The van der Waals surface area contributed by atoms with Crippen LogP contribution in [-0.2, 0) is 32.0 Å². The Kier molecular flexibility index (Phi) is 7.61. The first-order valence-corrected chi connectivity index (χ1v) is 9.73. The lowest BCUT2D eigenvalue weighted by Gasteiger charge is -2.11. The molecule has 0 N–H and O–H groups in total. The summed E-state index contributed by atoms with van der Waals surface area (Å²) in [6.45, 7) is 1.79. The summed E-state index contributed by atoms with van der Waals surface area (Å²) in [5, 5.41) is 0. The first-order chi connectivity index (χ1) is 16.1. The Morgan fingerprint density at radius 1 is 0.576 bits per heavy atom. The fourth-order valence-corrected chi connectivity index (χ4v) is 3.44. The predicted octanol–water partition coefficient (Wildman–Crippen LogP) is 5.05. The van der Waals surface area contributed by atoms with Crippen LogP contribution in [0.2, 0.25) is 0 Å². The van der Waals surface area contributed by atoms with Crippen molar-refractivity contribution in [1.82, 2.24) is 0 Å². The lowest BCUT2D eigenvalue weighted by molar-refractivity contribution is 0.564. The van der Waals surface area contributed by atoms with Crippen LogP contribution in [0.15, 0.2) is 74.6 Å². The summed E-state index contributed by atoms with van der Waals surface area (Å²) >= 11 is 0. The van der Waals surface area contributed by atoms with Gasteiger partial charge >= 0.3 is 0 Å². The minimum Gasteiger partial charge on any atom is -0.211 e. The van der Waals surface area contributed by atoms with E-state index in [9.17, 15) is 19.2 Å². The van der Waals surface area contributed by atoms with Crippen molar-refractivity contribution in [1.29, 1.82) is 0 Å². The maximum atomic E-state index is 10.9. The zero-order chi connectivity index (χ0) is 23.6. The number of rotatable bonds is 8. The maximum absolute atomic E-state index is 10.9. The summed E-state index contributed by atoms with van der Waals surface area (Å²) in [7, 11) is 0. The van der Waals surface area contributed by atoms with Crippen LogP contribution >= 0.6 is 0 Å². The molecule has 0 spiro atoms. The summed E-state index contributed by atoms with van der Waals surface area (Å²) in [5.74, 6) is 0. The van der Waals surface area contributed by atoms with E-state index < -0.39 is 0 Å². The Bertz CT molecular complexity index is 1390. The molecule has 0 saturated heterocycles. The maximum Gasteiger partial charge on any atom is 0.240 e. The highest BCUT2D eigenvalue weighted by Crippen LogP contribution is 2.32. The molecule has 0 fully saturated rings. The van der Waals surface area contributed by atoms with Crippen LogP contribution < -0.4 is 0 Å². The Labute approximate surface area is 188 Å². The van der Waals surface area contributed by atoms with Crippen LogP contribution in [0.5, 0.6) is 0 Å². The lowest BCUT2D eigenvalue weighted by atomic mass is 9.96. The molecule has 0 bridgehead atoms. The highest BCUT2D eigenvalue weighted by Gasteiger charge is 2.11. The molecule has 33 heavy (non-hydrogen) atoms. The van der Waals surface area contributed by atoms with Gasteiger partial charge in [-0.25, -0.2) is 19.2 Å². The number of nitrogens with zero attached hydrogens (tertiary/aromatic N) is 4. The average Bonchev–Trinajstić information content (AvgIpc) is 2.80. The van der Waals surface area contributed by atoms with Crippen molar-refractivity contribution < 1.29 is 19.2 Å². The van der Waals surface area contributed by atoms with Gasteiger partial charge in [0.05, 0.1) is 22.7 Å². The van der Waals surface area contributed by atoms with Crippen molar-refractivity contribution in [2.45, 2.75) is 19.8 Å². The number of hydrogen-bond donors (Lipinski definition) is 0. The van der Waals surface area contributed by atoms with E-state index in [0.29, 0.717) is 35.6 Å². The van der Waals surface area contributed by atoms with Crippen LogP contribution in [0, 0.1) is 6.92 Å². The number of carbonyl (C=O) groups excluding carboxylic acids is 4. The van der Waals surface area contributed by atoms with Crippen molar-refractivity contribution in [3.63, 3.8) is 0 Å². The highest BCUT2D eigenvalue weighted by atomic mass is 16.1. The SMILES string of the molecule is Cc1cc(Cc2ccc(N=C=O)c(Cc3ccc(N=C=O)cc3)c2)c(N=C=O)cc1N=C=O. The molecule has 0 heterocycles. The second kappa shape index (κ2) is 11.0. The van der Waals surface area contributed by atoms with Gasteiger partial charge in [0.15, 0.2) is 0 Å². The number of benzene rings is 3. The predicted molar refractivity (Wildman–Crippen MR) is 121 cm³/mol. The molecule has 8 heteroatoms. The van der Waals surface area contributed by atoms with E-state index >= 15 is 0 Å². The van der Waals surface area contributed by atoms with Gasteiger partial charge in [0.25, 0.3) is 0 Å². The molecule has 0 aromatic heterocycles. The zero-order valence-corrected chi connectivity index (χ0v) is 17.5. The highest BCUT2D eigenvalue weighted by molar-refractivity contribution is 5.66. The van der Waals surface area contributed by atoms with Crippen LogP contribution in [0.25, 0.3) is 0 Å². The van der Waals surface area contributed by atoms with E-state index in [1.807, 2.05) is 24.3 Å². The molecule has 160 valence electrons. The van der Waals surface area contributed by atoms with E-state index in [4.69, 9.17) is 0 Å². The standard InChI is InChI=1S/C25H16N4O4/c1-17-8-20(25(29-16-33)12-24(17)28-15-32)10-19-4-7-23(27-14-31)21(11-19)9-18-2-5-22(6-3-18)26-13-30/h2-8,11-12H,9-10H2,1H3. The van der Waals surface area contributed by atoms with E-state index in [1.54, 1.807) is 37.3 Å². The third-order valence-electron chi connectivity index (χ3n) is 4.94. The van der Waals surface area contributed by atoms with E-state index in [2.05, 4.69) is 20.0 Å². The summed E-state index contributed by atoms with van der Waals surface area (Å²) in [6.07, 6.45) is 7.00. The molecular weight excluding hydrogens is 420 g/mol. The van der Waals surface area contributed by atoms with Gasteiger partial charge in [0, 0.05) is 0 Å². The van der Waals surface area contributed by atoms with Gasteiger partial charge in [-0.1, -0.05) is 30.3 Å². The molecule has 3 aromatic rings. The molecule has 0 radical (unpaired) electrons. The van der Waals surface area contributed by atoms with Crippen LogP contribution in [0.4, 0.5) is 22.7 Å². The molecule has 0 aliphatic heterocycles. The number of isocyanates is 4. The van der Waals surface area contributed by atoms with E-state index in [-0.39, 0.29) is 0 Å². The minimum atomic E-state index is 0.354. The summed E-state index contributed by atoms with van der Waals surface area (Å²) < 4.78 is 0. The van der Waals surface area contributed by atoms with E-state index in [1.165, 1.54) is 24.3 Å². The van der Waals surface area contributed by atoms with Crippen molar-refractivity contribution in [2.24, 2.45) is 20.0 Å². The Morgan fingerprint density at radius 3 is 1.79 bits per heavy atom. The zero-order valence-electron chi connectivity index (χ0n) is 17.5. The van der Waals surface area contributed by atoms with Gasteiger partial charge in [-0.05, 0) is 71.8 Å². The molecule has 0 aliphatic rings. The first-order valence-electron chi connectivity index (χ1n) is 9.73. The van der Waals surface area contributed by atoms with Gasteiger partial charge < -0.3 is 0 Å². The van der Waals surface area contributed by atoms with Crippen LogP contribution in [0.3, 0.4) is 0 Å². The molecule has 8 nitrogen and oxygen atoms in total. The number of aliphatic imine (C=N–C) groups is 4. The largest absolute Gasteiger partial charge is 0.240 e.